The molecule has 0 aromatic heterocycles. The van der Waals surface area contributed by atoms with Crippen molar-refractivity contribution >= 4 is 12.9 Å². The molecule has 3 heteroatoms. The summed E-state index contributed by atoms with van der Waals surface area (Å²) >= 11 is 0. The highest BCUT2D eigenvalue weighted by Gasteiger charge is 2.43. The molecule has 1 N–H and O–H groups in total. The van der Waals surface area contributed by atoms with E-state index in [9.17, 15) is 5.11 Å². The van der Waals surface area contributed by atoms with Crippen molar-refractivity contribution in [3.05, 3.63) is 53.6 Å². The van der Waals surface area contributed by atoms with Gasteiger partial charge in [-0.15, -0.1) is 0 Å². The Morgan fingerprint density at radius 3 is 2.26 bits per heavy atom. The molecule has 27 heavy (non-hydrogen) atoms. The topological polar surface area (TPSA) is 29.5 Å². The lowest BCUT2D eigenvalue weighted by Gasteiger charge is -2.37. The molecule has 1 saturated carbocycles. The zero-order valence-electron chi connectivity index (χ0n) is 17.0. The lowest BCUT2D eigenvalue weighted by molar-refractivity contribution is -0.0893. The molecule has 0 aliphatic heterocycles. The van der Waals surface area contributed by atoms with Crippen LogP contribution >= 0.6 is 0 Å². The Labute approximate surface area is 164 Å². The van der Waals surface area contributed by atoms with E-state index in [1.54, 1.807) is 21.3 Å². The van der Waals surface area contributed by atoms with Crippen LogP contribution in [0.25, 0.3) is 11.1 Å². The monoisotopic (exact) mass is 361 g/mol. The first-order chi connectivity index (χ1) is 12.7. The largest absolute Gasteiger partial charge is 0.427 e. The summed E-state index contributed by atoms with van der Waals surface area (Å²) in [7, 11) is 1.80. The highest BCUT2D eigenvalue weighted by molar-refractivity contribution is 6.47. The van der Waals surface area contributed by atoms with E-state index >= 15 is 0 Å². The van der Waals surface area contributed by atoms with Crippen molar-refractivity contribution in [3.63, 3.8) is 0 Å². The van der Waals surface area contributed by atoms with E-state index in [1.165, 1.54) is 54.4 Å². The lowest BCUT2D eigenvalue weighted by Crippen LogP contribution is -2.49. The van der Waals surface area contributed by atoms with Crippen LogP contribution in [0.4, 0.5) is 0 Å². The Hall–Kier alpha value is -1.58. The predicted molar refractivity (Wildman–Crippen MR) is 113 cm³/mol. The van der Waals surface area contributed by atoms with Gasteiger partial charge in [-0.3, -0.25) is 0 Å². The van der Waals surface area contributed by atoms with Gasteiger partial charge in [0.15, 0.2) is 0 Å². The molecule has 0 bridgehead atoms. The molecule has 2 aliphatic rings. The summed E-state index contributed by atoms with van der Waals surface area (Å²) in [6.07, 6.45) is 6.48. The third kappa shape index (κ3) is 3.05. The van der Waals surface area contributed by atoms with Gasteiger partial charge in [0.1, 0.15) is 0 Å². The van der Waals surface area contributed by atoms with Crippen molar-refractivity contribution in [3.8, 4) is 11.1 Å². The van der Waals surface area contributed by atoms with Gasteiger partial charge in [-0.05, 0) is 62.8 Å². The molecule has 4 rings (SSSR count). The summed E-state index contributed by atoms with van der Waals surface area (Å²) in [5, 5.41) is 10.3. The van der Waals surface area contributed by atoms with E-state index < -0.39 is 11.2 Å². The standard InChI is InChI=1S/C24H30BO2/c1-22(2,26)23(3,4)27-25-17-12-13-21-19(16-17)18-10-6-7-11-20(18)24(21)14-8-5-9-15-24/h6-7,10-13,16,26H,5,8-9,14-15H2,1-4H3. The van der Waals surface area contributed by atoms with Crippen molar-refractivity contribution in [2.45, 2.75) is 76.4 Å². The third-order valence-corrected chi connectivity index (χ3v) is 6.96. The van der Waals surface area contributed by atoms with Gasteiger partial charge in [-0.2, -0.15) is 0 Å². The quantitative estimate of drug-likeness (QED) is 0.798. The van der Waals surface area contributed by atoms with Crippen LogP contribution in [0.5, 0.6) is 0 Å². The Morgan fingerprint density at radius 2 is 1.56 bits per heavy atom. The molecule has 0 heterocycles. The molecule has 1 spiro atoms. The molecule has 1 radical (unpaired) electrons. The van der Waals surface area contributed by atoms with E-state index in [2.05, 4.69) is 42.5 Å². The van der Waals surface area contributed by atoms with Crippen LogP contribution in [0.2, 0.25) is 0 Å². The van der Waals surface area contributed by atoms with Gasteiger partial charge < -0.3 is 9.76 Å². The SMILES string of the molecule is CC(C)(O)C(C)(C)O[B]c1ccc2c(c1)-c1ccccc1C21CCCCC1. The Kier molecular flexibility index (Phi) is 4.52. The summed E-state index contributed by atoms with van der Waals surface area (Å²) in [4.78, 5) is 0. The molecule has 0 unspecified atom stereocenters. The fourth-order valence-corrected chi connectivity index (χ4v) is 4.61. The normalized spacial score (nSPS) is 18.3. The van der Waals surface area contributed by atoms with E-state index in [1.807, 2.05) is 13.8 Å². The molecule has 2 aromatic rings. The van der Waals surface area contributed by atoms with Gasteiger partial charge in [-0.25, -0.2) is 0 Å². The molecule has 1 fully saturated rings. The Morgan fingerprint density at radius 1 is 0.889 bits per heavy atom. The maximum Gasteiger partial charge on any atom is 0.330 e. The molecule has 2 nitrogen and oxygen atoms in total. The molecule has 0 saturated heterocycles. The number of hydrogen-bond acceptors (Lipinski definition) is 2. The number of fused-ring (bicyclic) bond motifs is 5. The molecule has 0 amide bonds. The molecule has 0 atom stereocenters. The van der Waals surface area contributed by atoms with Crippen molar-refractivity contribution in [2.24, 2.45) is 0 Å². The van der Waals surface area contributed by atoms with Crippen LogP contribution in [0.1, 0.15) is 70.9 Å². The number of hydrogen-bond donors (Lipinski definition) is 1. The van der Waals surface area contributed by atoms with Gasteiger partial charge in [-0.1, -0.05) is 67.2 Å². The van der Waals surface area contributed by atoms with Crippen molar-refractivity contribution < 1.29 is 9.76 Å². The van der Waals surface area contributed by atoms with Gasteiger partial charge in [0.05, 0.1) is 11.2 Å². The van der Waals surface area contributed by atoms with Gasteiger partial charge in [0, 0.05) is 5.41 Å². The average Bonchev–Trinajstić information content (AvgIpc) is 2.90. The molecule has 2 aromatic carbocycles. The maximum absolute atomic E-state index is 10.3. The minimum Gasteiger partial charge on any atom is -0.427 e. The fourth-order valence-electron chi connectivity index (χ4n) is 4.61. The summed E-state index contributed by atoms with van der Waals surface area (Å²) in [5.41, 5.74) is 5.41. The third-order valence-electron chi connectivity index (χ3n) is 6.96. The molecular weight excluding hydrogens is 331 g/mol. The summed E-state index contributed by atoms with van der Waals surface area (Å²) in [5.74, 6) is 0. The lowest BCUT2D eigenvalue weighted by atomic mass is 9.67. The van der Waals surface area contributed by atoms with Gasteiger partial charge >= 0.3 is 7.48 Å². The van der Waals surface area contributed by atoms with Crippen molar-refractivity contribution in [1.29, 1.82) is 0 Å². The second kappa shape index (κ2) is 6.50. The van der Waals surface area contributed by atoms with Crippen LogP contribution in [-0.2, 0) is 10.1 Å². The number of rotatable bonds is 4. The zero-order valence-corrected chi connectivity index (χ0v) is 17.0. The average molecular weight is 361 g/mol. The maximum atomic E-state index is 10.3. The van der Waals surface area contributed by atoms with E-state index in [0.29, 0.717) is 0 Å². The van der Waals surface area contributed by atoms with Crippen LogP contribution < -0.4 is 5.46 Å². The van der Waals surface area contributed by atoms with Crippen molar-refractivity contribution in [1.82, 2.24) is 0 Å². The second-order valence-corrected chi connectivity index (χ2v) is 9.30. The van der Waals surface area contributed by atoms with Gasteiger partial charge in [0.25, 0.3) is 0 Å². The molecule has 141 valence electrons. The molecular formula is C24H30BO2. The Balaban J connectivity index is 1.69. The van der Waals surface area contributed by atoms with Crippen LogP contribution in [0.3, 0.4) is 0 Å². The summed E-state index contributed by atoms with van der Waals surface area (Å²) in [6, 6.07) is 15.7. The second-order valence-electron chi connectivity index (χ2n) is 9.30. The first-order valence-electron chi connectivity index (χ1n) is 10.2. The van der Waals surface area contributed by atoms with Crippen LogP contribution in [-0.4, -0.2) is 23.8 Å². The summed E-state index contributed by atoms with van der Waals surface area (Å²) in [6.45, 7) is 7.41. The molecule has 2 aliphatic carbocycles. The Bertz CT molecular complexity index is 842. The van der Waals surface area contributed by atoms with E-state index in [0.717, 1.165) is 5.46 Å². The smallest absolute Gasteiger partial charge is 0.330 e. The number of aliphatic hydroxyl groups is 1. The van der Waals surface area contributed by atoms with Crippen LogP contribution in [0.15, 0.2) is 42.5 Å². The van der Waals surface area contributed by atoms with Crippen LogP contribution in [0, 0.1) is 0 Å². The van der Waals surface area contributed by atoms with Gasteiger partial charge in [0.2, 0.25) is 0 Å². The van der Waals surface area contributed by atoms with E-state index in [-0.39, 0.29) is 5.41 Å². The highest BCUT2D eigenvalue weighted by atomic mass is 16.5. The fraction of sp³-hybridized carbons (Fsp3) is 0.500. The van der Waals surface area contributed by atoms with Crippen molar-refractivity contribution in [2.75, 3.05) is 0 Å². The first kappa shape index (κ1) is 18.8. The first-order valence-corrected chi connectivity index (χ1v) is 10.2. The highest BCUT2D eigenvalue weighted by Crippen LogP contribution is 2.55. The number of benzene rings is 2. The summed E-state index contributed by atoms with van der Waals surface area (Å²) < 4.78 is 5.99. The minimum atomic E-state index is -0.918. The minimum absolute atomic E-state index is 0.204. The predicted octanol–water partition coefficient (Wildman–Crippen LogP) is 4.73. The zero-order chi connectivity index (χ0) is 19.3. The van der Waals surface area contributed by atoms with E-state index in [4.69, 9.17) is 4.65 Å².